The molecular formula is C10H12N2O3. The van der Waals surface area contributed by atoms with Crippen LogP contribution in [0.2, 0.25) is 0 Å². The average Bonchev–Trinajstić information content (AvgIpc) is 2.25. The van der Waals surface area contributed by atoms with Gasteiger partial charge >= 0.3 is 5.97 Å². The maximum Gasteiger partial charge on any atom is 0.322 e. The second-order valence-electron chi connectivity index (χ2n) is 3.03. The standard InChI is InChI=1S/C10H12N2O3/c13-9(12-7-10(14)15)2-1-8-3-5-11-6-4-8/h3-6H,1-2,7H2,(H,12,13)(H,14,15). The summed E-state index contributed by atoms with van der Waals surface area (Å²) in [5.41, 5.74) is 1.01. The van der Waals surface area contributed by atoms with Gasteiger partial charge in [0.1, 0.15) is 6.54 Å². The molecule has 0 radical (unpaired) electrons. The zero-order chi connectivity index (χ0) is 11.1. The maximum atomic E-state index is 11.1. The van der Waals surface area contributed by atoms with Crippen LogP contribution >= 0.6 is 0 Å². The summed E-state index contributed by atoms with van der Waals surface area (Å²) in [5.74, 6) is -1.29. The lowest BCUT2D eigenvalue weighted by atomic mass is 10.1. The molecule has 0 aliphatic heterocycles. The first-order valence-electron chi connectivity index (χ1n) is 4.56. The van der Waals surface area contributed by atoms with Gasteiger partial charge in [-0.1, -0.05) is 0 Å². The molecule has 0 saturated heterocycles. The lowest BCUT2D eigenvalue weighted by molar-refractivity contribution is -0.137. The first-order valence-corrected chi connectivity index (χ1v) is 4.56. The minimum absolute atomic E-state index is 0.255. The first kappa shape index (κ1) is 11.2. The van der Waals surface area contributed by atoms with Gasteiger partial charge in [-0.3, -0.25) is 14.6 Å². The SMILES string of the molecule is O=C(O)CNC(=O)CCc1ccncc1. The fourth-order valence-electron chi connectivity index (χ4n) is 1.07. The van der Waals surface area contributed by atoms with E-state index in [9.17, 15) is 9.59 Å². The number of aryl methyl sites for hydroxylation is 1. The number of hydrogen-bond donors (Lipinski definition) is 2. The van der Waals surface area contributed by atoms with Crippen molar-refractivity contribution in [1.82, 2.24) is 10.3 Å². The summed E-state index contributed by atoms with van der Waals surface area (Å²) in [6, 6.07) is 3.65. The molecule has 0 aromatic carbocycles. The smallest absolute Gasteiger partial charge is 0.322 e. The zero-order valence-electron chi connectivity index (χ0n) is 8.14. The number of amides is 1. The molecule has 1 heterocycles. The van der Waals surface area contributed by atoms with Crippen molar-refractivity contribution in [2.24, 2.45) is 0 Å². The van der Waals surface area contributed by atoms with Gasteiger partial charge < -0.3 is 10.4 Å². The van der Waals surface area contributed by atoms with Crippen molar-refractivity contribution in [1.29, 1.82) is 0 Å². The summed E-state index contributed by atoms with van der Waals surface area (Å²) in [6.45, 7) is -0.324. The van der Waals surface area contributed by atoms with Gasteiger partial charge in [0, 0.05) is 18.8 Å². The Bertz CT molecular complexity index is 338. The topological polar surface area (TPSA) is 79.3 Å². The molecular weight excluding hydrogens is 196 g/mol. The number of aromatic nitrogens is 1. The summed E-state index contributed by atoms with van der Waals surface area (Å²) >= 11 is 0. The van der Waals surface area contributed by atoms with Crippen LogP contribution in [0.4, 0.5) is 0 Å². The minimum Gasteiger partial charge on any atom is -0.480 e. The molecule has 5 nitrogen and oxygen atoms in total. The van der Waals surface area contributed by atoms with Crippen LogP contribution in [-0.2, 0) is 16.0 Å². The van der Waals surface area contributed by atoms with Crippen LogP contribution < -0.4 is 5.32 Å². The molecule has 1 amide bonds. The van der Waals surface area contributed by atoms with Crippen LogP contribution in [0.25, 0.3) is 0 Å². The highest BCUT2D eigenvalue weighted by Gasteiger charge is 2.03. The number of carbonyl (C=O) groups excluding carboxylic acids is 1. The van der Waals surface area contributed by atoms with E-state index in [0.29, 0.717) is 6.42 Å². The molecule has 0 fully saturated rings. The van der Waals surface area contributed by atoms with Crippen LogP contribution in [0.5, 0.6) is 0 Å². The molecule has 0 atom stereocenters. The summed E-state index contributed by atoms with van der Waals surface area (Å²) in [7, 11) is 0. The van der Waals surface area contributed by atoms with E-state index in [-0.39, 0.29) is 18.9 Å². The van der Waals surface area contributed by atoms with E-state index in [2.05, 4.69) is 10.3 Å². The van der Waals surface area contributed by atoms with E-state index >= 15 is 0 Å². The molecule has 5 heteroatoms. The Balaban J connectivity index is 2.26. The van der Waals surface area contributed by atoms with Crippen molar-refractivity contribution in [3.8, 4) is 0 Å². The van der Waals surface area contributed by atoms with Gasteiger partial charge in [0.25, 0.3) is 0 Å². The highest BCUT2D eigenvalue weighted by Crippen LogP contribution is 2.00. The molecule has 0 aliphatic carbocycles. The Labute approximate surface area is 87.1 Å². The van der Waals surface area contributed by atoms with Crippen molar-refractivity contribution in [2.45, 2.75) is 12.8 Å². The molecule has 0 spiro atoms. The van der Waals surface area contributed by atoms with Crippen LogP contribution in [-0.4, -0.2) is 28.5 Å². The van der Waals surface area contributed by atoms with Crippen molar-refractivity contribution in [3.63, 3.8) is 0 Å². The third kappa shape index (κ3) is 4.75. The van der Waals surface area contributed by atoms with Gasteiger partial charge in [0.05, 0.1) is 0 Å². The number of hydrogen-bond acceptors (Lipinski definition) is 3. The molecule has 1 rings (SSSR count). The molecule has 0 saturated carbocycles. The van der Waals surface area contributed by atoms with Gasteiger partial charge in [-0.15, -0.1) is 0 Å². The third-order valence-corrected chi connectivity index (χ3v) is 1.83. The van der Waals surface area contributed by atoms with Crippen LogP contribution in [0, 0.1) is 0 Å². The number of nitrogens with one attached hydrogen (secondary N) is 1. The Hall–Kier alpha value is -1.91. The quantitative estimate of drug-likeness (QED) is 0.725. The summed E-state index contributed by atoms with van der Waals surface area (Å²) in [5, 5.41) is 10.6. The third-order valence-electron chi connectivity index (χ3n) is 1.83. The van der Waals surface area contributed by atoms with Crippen molar-refractivity contribution < 1.29 is 14.7 Å². The van der Waals surface area contributed by atoms with Crippen LogP contribution in [0.3, 0.4) is 0 Å². The summed E-state index contributed by atoms with van der Waals surface area (Å²) < 4.78 is 0. The van der Waals surface area contributed by atoms with E-state index in [0.717, 1.165) is 5.56 Å². The predicted molar refractivity (Wildman–Crippen MR) is 53.2 cm³/mol. The van der Waals surface area contributed by atoms with Crippen molar-refractivity contribution in [3.05, 3.63) is 30.1 Å². The molecule has 1 aromatic rings. The van der Waals surface area contributed by atoms with E-state index in [1.54, 1.807) is 12.4 Å². The molecule has 15 heavy (non-hydrogen) atoms. The molecule has 2 N–H and O–H groups in total. The van der Waals surface area contributed by atoms with Crippen LogP contribution in [0.1, 0.15) is 12.0 Å². The largest absolute Gasteiger partial charge is 0.480 e. The first-order chi connectivity index (χ1) is 7.18. The number of carboxylic acid groups (broad SMARTS) is 1. The molecule has 0 unspecified atom stereocenters. The highest BCUT2D eigenvalue weighted by molar-refractivity contribution is 5.81. The monoisotopic (exact) mass is 208 g/mol. The predicted octanol–water partition coefficient (Wildman–Crippen LogP) is 0.215. The van der Waals surface area contributed by atoms with E-state index in [1.165, 1.54) is 0 Å². The van der Waals surface area contributed by atoms with Gasteiger partial charge in [-0.2, -0.15) is 0 Å². The van der Waals surface area contributed by atoms with Crippen molar-refractivity contribution in [2.75, 3.05) is 6.54 Å². The van der Waals surface area contributed by atoms with Crippen LogP contribution in [0.15, 0.2) is 24.5 Å². The Morgan fingerprint density at radius 2 is 2.00 bits per heavy atom. The molecule has 1 aromatic heterocycles. The Morgan fingerprint density at radius 3 is 2.60 bits per heavy atom. The summed E-state index contributed by atoms with van der Waals surface area (Å²) in [6.07, 6.45) is 4.19. The van der Waals surface area contributed by atoms with E-state index in [4.69, 9.17) is 5.11 Å². The second kappa shape index (κ2) is 5.74. The fraction of sp³-hybridized carbons (Fsp3) is 0.300. The minimum atomic E-state index is -1.03. The Kier molecular flexibility index (Phi) is 4.28. The van der Waals surface area contributed by atoms with Gasteiger partial charge in [-0.05, 0) is 24.1 Å². The number of carboxylic acids is 1. The molecule has 0 aliphatic rings. The second-order valence-corrected chi connectivity index (χ2v) is 3.03. The number of aliphatic carboxylic acids is 1. The Morgan fingerprint density at radius 1 is 1.33 bits per heavy atom. The number of pyridine rings is 1. The number of carbonyl (C=O) groups is 2. The van der Waals surface area contributed by atoms with Gasteiger partial charge in [0.2, 0.25) is 5.91 Å². The fourth-order valence-corrected chi connectivity index (χ4v) is 1.07. The van der Waals surface area contributed by atoms with Gasteiger partial charge in [-0.25, -0.2) is 0 Å². The van der Waals surface area contributed by atoms with Gasteiger partial charge in [0.15, 0.2) is 0 Å². The maximum absolute atomic E-state index is 11.1. The summed E-state index contributed by atoms with van der Waals surface area (Å²) in [4.78, 5) is 25.1. The zero-order valence-corrected chi connectivity index (χ0v) is 8.14. The molecule has 80 valence electrons. The normalized spacial score (nSPS) is 9.60. The number of rotatable bonds is 5. The van der Waals surface area contributed by atoms with E-state index < -0.39 is 5.97 Å². The lowest BCUT2D eigenvalue weighted by Crippen LogP contribution is -2.29. The molecule has 0 bridgehead atoms. The average molecular weight is 208 g/mol. The lowest BCUT2D eigenvalue weighted by Gasteiger charge is -2.01. The number of nitrogens with zero attached hydrogens (tertiary/aromatic N) is 1. The van der Waals surface area contributed by atoms with Crippen molar-refractivity contribution >= 4 is 11.9 Å². The van der Waals surface area contributed by atoms with E-state index in [1.807, 2.05) is 12.1 Å². The highest BCUT2D eigenvalue weighted by atomic mass is 16.4.